The van der Waals surface area contributed by atoms with Crippen LogP contribution in [0.4, 0.5) is 4.79 Å². The third-order valence-corrected chi connectivity index (χ3v) is 4.92. The Morgan fingerprint density at radius 3 is 2.67 bits per heavy atom. The van der Waals surface area contributed by atoms with E-state index in [9.17, 15) is 14.5 Å². The topological polar surface area (TPSA) is 84.9 Å². The molecule has 1 amide bonds. The largest absolute Gasteiger partial charge is 0.445 e. The summed E-state index contributed by atoms with van der Waals surface area (Å²) in [5.41, 5.74) is 0.891. The molecule has 2 atom stereocenters. The van der Waals surface area contributed by atoms with Crippen LogP contribution in [0.3, 0.4) is 0 Å². The van der Waals surface area contributed by atoms with E-state index in [4.69, 9.17) is 9.26 Å². The number of aliphatic hydroxyl groups excluding tert-OH is 1. The molecule has 0 aliphatic heterocycles. The van der Waals surface area contributed by atoms with Gasteiger partial charge in [-0.05, 0) is 12.5 Å². The van der Waals surface area contributed by atoms with Crippen molar-refractivity contribution in [2.45, 2.75) is 25.8 Å². The Labute approximate surface area is 124 Å². The molecule has 0 fully saturated rings. The second-order valence-electron chi connectivity index (χ2n) is 4.58. The third kappa shape index (κ3) is 6.76. The lowest BCUT2D eigenvalue weighted by Gasteiger charge is -2.19. The summed E-state index contributed by atoms with van der Waals surface area (Å²) in [5.74, 6) is -1.09. The first kappa shape index (κ1) is 17.7. The Kier molecular flexibility index (Phi) is 7.43. The smallest absolute Gasteiger partial charge is 0.407 e. The first-order valence-electron chi connectivity index (χ1n) is 6.80. The zero-order valence-electron chi connectivity index (χ0n) is 12.3. The van der Waals surface area contributed by atoms with Crippen molar-refractivity contribution in [2.24, 2.45) is 0 Å². The summed E-state index contributed by atoms with van der Waals surface area (Å²) in [6.45, 7) is 3.72. The summed E-state index contributed by atoms with van der Waals surface area (Å²) in [6, 6.07) is 9.31. The van der Waals surface area contributed by atoms with E-state index >= 15 is 0 Å². The molecule has 0 saturated heterocycles. The fourth-order valence-electron chi connectivity index (χ4n) is 1.65. The number of nitrogens with one attached hydrogen (secondary N) is 1. The molecule has 1 aromatic carbocycles. The second kappa shape index (κ2) is 8.82. The lowest BCUT2D eigenvalue weighted by atomic mass is 10.2. The van der Waals surface area contributed by atoms with Crippen LogP contribution in [0, 0.1) is 0 Å². The highest BCUT2D eigenvalue weighted by Gasteiger charge is 2.26. The van der Waals surface area contributed by atoms with Crippen LogP contribution < -0.4 is 5.32 Å². The first-order valence-corrected chi connectivity index (χ1v) is 8.94. The number of rotatable bonds is 8. The van der Waals surface area contributed by atoms with Crippen LogP contribution in [0.5, 0.6) is 0 Å². The van der Waals surface area contributed by atoms with E-state index in [2.05, 4.69) is 5.32 Å². The summed E-state index contributed by atoms with van der Waals surface area (Å²) < 4.78 is 21.9. The van der Waals surface area contributed by atoms with Crippen LogP contribution in [0.2, 0.25) is 0 Å². The van der Waals surface area contributed by atoms with Gasteiger partial charge in [-0.15, -0.1) is 0 Å². The number of carbonyl (C=O) groups is 1. The minimum absolute atomic E-state index is 0.147. The van der Waals surface area contributed by atoms with Gasteiger partial charge in [-0.25, -0.2) is 4.79 Å². The monoisotopic (exact) mass is 315 g/mol. The molecule has 6 nitrogen and oxygen atoms in total. The maximum atomic E-state index is 11.9. The van der Waals surface area contributed by atoms with E-state index in [-0.39, 0.29) is 26.2 Å². The van der Waals surface area contributed by atoms with E-state index in [1.54, 1.807) is 6.92 Å². The molecule has 2 N–H and O–H groups in total. The number of ether oxygens (including phenoxy) is 1. The van der Waals surface area contributed by atoms with Crippen molar-refractivity contribution >= 4 is 13.5 Å². The van der Waals surface area contributed by atoms with Gasteiger partial charge in [-0.3, -0.25) is 4.57 Å². The number of benzene rings is 1. The molecule has 0 aromatic heterocycles. The molecule has 0 radical (unpaired) electrons. The van der Waals surface area contributed by atoms with Crippen molar-refractivity contribution in [2.75, 3.05) is 19.8 Å². The number of amides is 1. The van der Waals surface area contributed by atoms with Crippen LogP contribution in [-0.2, 0) is 20.4 Å². The van der Waals surface area contributed by atoms with Crippen molar-refractivity contribution in [1.82, 2.24) is 5.32 Å². The van der Waals surface area contributed by atoms with Crippen LogP contribution in [0.15, 0.2) is 30.3 Å². The van der Waals surface area contributed by atoms with Gasteiger partial charge in [0.25, 0.3) is 0 Å². The molecule has 1 aromatic rings. The highest BCUT2D eigenvalue weighted by atomic mass is 31.2. The van der Waals surface area contributed by atoms with Crippen LogP contribution >= 0.6 is 7.37 Å². The van der Waals surface area contributed by atoms with Gasteiger partial charge in [0.15, 0.2) is 0 Å². The van der Waals surface area contributed by atoms with Crippen LogP contribution in [0.1, 0.15) is 18.9 Å². The van der Waals surface area contributed by atoms with Gasteiger partial charge in [-0.2, -0.15) is 0 Å². The number of hydrogen-bond acceptors (Lipinski definition) is 5. The fourth-order valence-corrected chi connectivity index (χ4v) is 2.94. The van der Waals surface area contributed by atoms with Gasteiger partial charge in [0, 0.05) is 19.6 Å². The van der Waals surface area contributed by atoms with Crippen molar-refractivity contribution in [3.8, 4) is 0 Å². The van der Waals surface area contributed by atoms with Crippen LogP contribution in [0.25, 0.3) is 0 Å². The molecular weight excluding hydrogens is 293 g/mol. The molecule has 21 heavy (non-hydrogen) atoms. The molecule has 2 unspecified atom stereocenters. The third-order valence-electron chi connectivity index (χ3n) is 2.81. The lowest BCUT2D eigenvalue weighted by Crippen LogP contribution is -2.27. The molecule has 1 rings (SSSR count). The van der Waals surface area contributed by atoms with E-state index in [1.807, 2.05) is 30.3 Å². The Bertz CT molecular complexity index is 480. The van der Waals surface area contributed by atoms with Crippen molar-refractivity contribution < 1.29 is 23.7 Å². The van der Waals surface area contributed by atoms with Gasteiger partial charge < -0.3 is 19.7 Å². The van der Waals surface area contributed by atoms with Gasteiger partial charge in [-0.1, -0.05) is 30.3 Å². The Morgan fingerprint density at radius 2 is 2.05 bits per heavy atom. The SMILES string of the molecule is CCOP(C)(=O)C(O)CCNC(=O)OCc1ccccc1. The van der Waals surface area contributed by atoms with E-state index in [0.717, 1.165) is 5.56 Å². The van der Waals surface area contributed by atoms with Gasteiger partial charge in [0.1, 0.15) is 12.5 Å². The van der Waals surface area contributed by atoms with Crippen molar-refractivity contribution in [1.29, 1.82) is 0 Å². The number of aliphatic hydroxyl groups is 1. The van der Waals surface area contributed by atoms with E-state index in [0.29, 0.717) is 0 Å². The quantitative estimate of drug-likeness (QED) is 0.720. The number of alkyl carbamates (subject to hydrolysis) is 1. The predicted molar refractivity (Wildman–Crippen MR) is 80.4 cm³/mol. The molecule has 7 heteroatoms. The second-order valence-corrected chi connectivity index (χ2v) is 7.26. The molecule has 118 valence electrons. The molecule has 0 aliphatic carbocycles. The maximum absolute atomic E-state index is 11.9. The normalized spacial score (nSPS) is 15.0. The van der Waals surface area contributed by atoms with E-state index in [1.165, 1.54) is 6.66 Å². The summed E-state index contributed by atoms with van der Waals surface area (Å²) in [4.78, 5) is 11.5. The summed E-state index contributed by atoms with van der Waals surface area (Å²) in [5, 5.41) is 12.2. The van der Waals surface area contributed by atoms with Crippen LogP contribution in [-0.4, -0.2) is 36.9 Å². The minimum Gasteiger partial charge on any atom is -0.445 e. The average molecular weight is 315 g/mol. The summed E-state index contributed by atoms with van der Waals surface area (Å²) >= 11 is 0. The molecule has 0 aliphatic rings. The maximum Gasteiger partial charge on any atom is 0.407 e. The van der Waals surface area contributed by atoms with Crippen molar-refractivity contribution in [3.05, 3.63) is 35.9 Å². The minimum atomic E-state index is -3.04. The Hall–Kier alpha value is -1.36. The number of carbonyl (C=O) groups excluding carboxylic acids is 1. The predicted octanol–water partition coefficient (Wildman–Crippen LogP) is 2.57. The zero-order valence-corrected chi connectivity index (χ0v) is 13.2. The van der Waals surface area contributed by atoms with Gasteiger partial charge in [0.2, 0.25) is 7.37 Å². The number of hydrogen-bond donors (Lipinski definition) is 2. The molecule has 0 spiro atoms. The lowest BCUT2D eigenvalue weighted by molar-refractivity contribution is 0.137. The van der Waals surface area contributed by atoms with E-state index < -0.39 is 19.3 Å². The first-order chi connectivity index (χ1) is 9.95. The van der Waals surface area contributed by atoms with Gasteiger partial charge >= 0.3 is 6.09 Å². The Balaban J connectivity index is 2.23. The molecule has 0 bridgehead atoms. The highest BCUT2D eigenvalue weighted by molar-refractivity contribution is 7.58. The Morgan fingerprint density at radius 1 is 1.38 bits per heavy atom. The van der Waals surface area contributed by atoms with Crippen molar-refractivity contribution in [3.63, 3.8) is 0 Å². The molecular formula is C14H22NO5P. The van der Waals surface area contributed by atoms with Gasteiger partial charge in [0.05, 0.1) is 6.61 Å². The highest BCUT2D eigenvalue weighted by Crippen LogP contribution is 2.47. The molecule has 0 heterocycles. The summed E-state index contributed by atoms with van der Waals surface area (Å²) in [6.07, 6.45) is -0.429. The fraction of sp³-hybridized carbons (Fsp3) is 0.500. The zero-order chi connectivity index (χ0) is 15.7. The standard InChI is InChI=1S/C14H22NO5P/c1-3-20-21(2,18)13(16)9-10-15-14(17)19-11-12-7-5-4-6-8-12/h4-8,13,16H,3,9-11H2,1-2H3,(H,15,17). The summed E-state index contributed by atoms with van der Waals surface area (Å²) in [7, 11) is -3.04. The average Bonchev–Trinajstić information content (AvgIpc) is 2.46. The molecule has 0 saturated carbocycles.